The molecule has 0 amide bonds. The molecule has 1 aromatic rings. The Kier molecular flexibility index (Phi) is 8.61. The lowest BCUT2D eigenvalue weighted by Crippen LogP contribution is -2.40. The Balaban J connectivity index is 1.84. The number of nitrogens with one attached hydrogen (secondary N) is 2. The molecule has 1 aromatic carbocycles. The molecule has 29 heavy (non-hydrogen) atoms. The minimum absolute atomic E-state index is 0.134. The zero-order valence-electron chi connectivity index (χ0n) is 17.8. The first-order valence-corrected chi connectivity index (χ1v) is 10.2. The first kappa shape index (κ1) is 23.3. The van der Waals surface area contributed by atoms with Gasteiger partial charge in [-0.2, -0.15) is 13.2 Å². The molecule has 2 N–H and O–H groups in total. The Hall–Kier alpha value is -1.96. The highest BCUT2D eigenvalue weighted by Crippen LogP contribution is 2.23. The number of ether oxygens (including phenoxy) is 1. The lowest BCUT2D eigenvalue weighted by molar-refractivity contribution is -0.143. The number of hydrogen-bond donors (Lipinski definition) is 2. The van der Waals surface area contributed by atoms with Gasteiger partial charge in [-0.3, -0.25) is 9.89 Å². The van der Waals surface area contributed by atoms with Crippen molar-refractivity contribution in [2.24, 2.45) is 10.9 Å². The number of rotatable bonds is 8. The van der Waals surface area contributed by atoms with E-state index in [1.807, 2.05) is 32.0 Å². The fourth-order valence-electron chi connectivity index (χ4n) is 3.33. The van der Waals surface area contributed by atoms with Crippen LogP contribution in [0.5, 0.6) is 5.75 Å². The van der Waals surface area contributed by atoms with Gasteiger partial charge in [0.1, 0.15) is 5.75 Å². The maximum absolute atomic E-state index is 12.5. The van der Waals surface area contributed by atoms with Crippen LogP contribution in [-0.2, 0) is 6.54 Å². The van der Waals surface area contributed by atoms with E-state index < -0.39 is 12.7 Å². The van der Waals surface area contributed by atoms with Crippen LogP contribution in [-0.4, -0.2) is 56.4 Å². The summed E-state index contributed by atoms with van der Waals surface area (Å²) < 4.78 is 43.6. The molecule has 2 unspecified atom stereocenters. The molecule has 8 heteroatoms. The number of alkyl halides is 3. The van der Waals surface area contributed by atoms with Gasteiger partial charge in [0, 0.05) is 32.2 Å². The molecule has 0 spiro atoms. The van der Waals surface area contributed by atoms with E-state index in [1.165, 1.54) is 4.90 Å². The van der Waals surface area contributed by atoms with Gasteiger partial charge in [-0.05, 0) is 50.8 Å². The summed E-state index contributed by atoms with van der Waals surface area (Å²) >= 11 is 0. The summed E-state index contributed by atoms with van der Waals surface area (Å²) in [5.41, 5.74) is 2.18. The summed E-state index contributed by atoms with van der Waals surface area (Å²) in [4.78, 5) is 5.69. The van der Waals surface area contributed by atoms with Crippen LogP contribution >= 0.6 is 0 Å². The van der Waals surface area contributed by atoms with Gasteiger partial charge in [-0.1, -0.05) is 19.1 Å². The number of hydrogen-bond acceptors (Lipinski definition) is 3. The van der Waals surface area contributed by atoms with E-state index >= 15 is 0 Å². The third kappa shape index (κ3) is 8.12. The number of nitrogens with zero attached hydrogens (tertiary/aromatic N) is 2. The van der Waals surface area contributed by atoms with E-state index in [4.69, 9.17) is 4.74 Å². The highest BCUT2D eigenvalue weighted by atomic mass is 19.4. The minimum atomic E-state index is -4.14. The molecule has 1 heterocycles. The van der Waals surface area contributed by atoms with Crippen LogP contribution in [0.15, 0.2) is 23.2 Å². The van der Waals surface area contributed by atoms with Crippen molar-refractivity contribution in [1.29, 1.82) is 0 Å². The van der Waals surface area contributed by atoms with Crippen molar-refractivity contribution in [2.45, 2.75) is 52.4 Å². The Morgan fingerprint density at radius 2 is 2.10 bits per heavy atom. The predicted octanol–water partition coefficient (Wildman–Crippen LogP) is 3.72. The number of guanidine groups is 1. The van der Waals surface area contributed by atoms with Crippen molar-refractivity contribution in [2.75, 3.05) is 33.2 Å². The summed E-state index contributed by atoms with van der Waals surface area (Å²) in [5.74, 6) is 1.68. The quantitative estimate of drug-likeness (QED) is 0.503. The molecular weight excluding hydrogens is 381 g/mol. The smallest absolute Gasteiger partial charge is 0.401 e. The molecule has 1 aliphatic heterocycles. The predicted molar refractivity (Wildman–Crippen MR) is 110 cm³/mol. The highest BCUT2D eigenvalue weighted by molar-refractivity contribution is 5.79. The molecule has 5 nitrogen and oxygen atoms in total. The zero-order chi connectivity index (χ0) is 21.4. The molecule has 0 aromatic heterocycles. The third-order valence-electron chi connectivity index (χ3n) is 5.13. The van der Waals surface area contributed by atoms with E-state index in [9.17, 15) is 13.2 Å². The summed E-state index contributed by atoms with van der Waals surface area (Å²) in [6.45, 7) is 7.42. The Labute approximate surface area is 171 Å². The van der Waals surface area contributed by atoms with Gasteiger partial charge >= 0.3 is 6.18 Å². The number of benzene rings is 1. The average Bonchev–Trinajstić information content (AvgIpc) is 3.08. The Morgan fingerprint density at radius 1 is 1.34 bits per heavy atom. The number of halogens is 3. The average molecular weight is 415 g/mol. The van der Waals surface area contributed by atoms with Crippen LogP contribution in [0.1, 0.15) is 37.8 Å². The minimum Gasteiger partial charge on any atom is -0.490 e. The summed E-state index contributed by atoms with van der Waals surface area (Å²) in [7, 11) is 1.69. The first-order valence-electron chi connectivity index (χ1n) is 10.2. The van der Waals surface area contributed by atoms with Crippen LogP contribution in [0.4, 0.5) is 13.2 Å². The van der Waals surface area contributed by atoms with Crippen molar-refractivity contribution in [3.63, 3.8) is 0 Å². The lowest BCUT2D eigenvalue weighted by atomic mass is 10.1. The summed E-state index contributed by atoms with van der Waals surface area (Å²) in [5, 5.41) is 6.51. The van der Waals surface area contributed by atoms with Crippen molar-refractivity contribution in [3.05, 3.63) is 29.3 Å². The molecule has 2 rings (SSSR count). The van der Waals surface area contributed by atoms with Gasteiger partial charge in [-0.15, -0.1) is 0 Å². The topological polar surface area (TPSA) is 48.9 Å². The van der Waals surface area contributed by atoms with Crippen LogP contribution in [0, 0.1) is 12.8 Å². The summed E-state index contributed by atoms with van der Waals surface area (Å²) in [6, 6.07) is 6.12. The monoisotopic (exact) mass is 414 g/mol. The van der Waals surface area contributed by atoms with Gasteiger partial charge in [0.05, 0.1) is 12.6 Å². The fourth-order valence-corrected chi connectivity index (χ4v) is 3.33. The number of aliphatic imine (C=N–C) groups is 1. The molecule has 0 aliphatic carbocycles. The van der Waals surface area contributed by atoms with Crippen LogP contribution < -0.4 is 15.4 Å². The van der Waals surface area contributed by atoms with Gasteiger partial charge in [0.25, 0.3) is 0 Å². The van der Waals surface area contributed by atoms with E-state index in [1.54, 1.807) is 7.05 Å². The van der Waals surface area contributed by atoms with Crippen LogP contribution in [0.25, 0.3) is 0 Å². The zero-order valence-corrected chi connectivity index (χ0v) is 17.8. The normalized spacial score (nSPS) is 19.3. The summed E-state index contributed by atoms with van der Waals surface area (Å²) in [6.07, 6.45) is -2.32. The van der Waals surface area contributed by atoms with E-state index in [2.05, 4.69) is 22.5 Å². The molecule has 0 saturated carbocycles. The van der Waals surface area contributed by atoms with Gasteiger partial charge in [0.2, 0.25) is 0 Å². The Bertz CT molecular complexity index is 678. The van der Waals surface area contributed by atoms with E-state index in [0.717, 1.165) is 29.7 Å². The number of likely N-dealkylation sites (tertiary alicyclic amines) is 1. The maximum atomic E-state index is 12.5. The first-order chi connectivity index (χ1) is 13.7. The third-order valence-corrected chi connectivity index (χ3v) is 5.13. The van der Waals surface area contributed by atoms with Crippen molar-refractivity contribution >= 4 is 5.96 Å². The molecule has 2 atom stereocenters. The van der Waals surface area contributed by atoms with Gasteiger partial charge in [0.15, 0.2) is 5.96 Å². The Morgan fingerprint density at radius 3 is 2.76 bits per heavy atom. The van der Waals surface area contributed by atoms with Crippen molar-refractivity contribution in [3.8, 4) is 5.75 Å². The van der Waals surface area contributed by atoms with Crippen LogP contribution in [0.3, 0.4) is 0 Å². The lowest BCUT2D eigenvalue weighted by Gasteiger charge is -2.20. The number of aryl methyl sites for hydroxylation is 1. The maximum Gasteiger partial charge on any atom is 0.401 e. The van der Waals surface area contributed by atoms with Gasteiger partial charge in [-0.25, -0.2) is 0 Å². The second-order valence-corrected chi connectivity index (χ2v) is 7.76. The van der Waals surface area contributed by atoms with Gasteiger partial charge < -0.3 is 15.4 Å². The molecule has 0 bridgehead atoms. The second-order valence-electron chi connectivity index (χ2n) is 7.76. The standard InChI is InChI=1S/C21H33F3N4O/c1-5-16(3)29-19-10-15(2)6-7-18(19)12-27-20(25-4)26-11-17-8-9-28(13-17)14-21(22,23)24/h6-7,10,16-17H,5,8-9,11-14H2,1-4H3,(H2,25,26,27). The second kappa shape index (κ2) is 10.7. The molecule has 1 fully saturated rings. The molecule has 1 aliphatic rings. The van der Waals surface area contributed by atoms with Crippen molar-refractivity contribution in [1.82, 2.24) is 15.5 Å². The molecular formula is C21H33F3N4O. The van der Waals surface area contributed by atoms with Crippen molar-refractivity contribution < 1.29 is 17.9 Å². The molecule has 1 saturated heterocycles. The van der Waals surface area contributed by atoms with Crippen LogP contribution in [0.2, 0.25) is 0 Å². The van der Waals surface area contributed by atoms with E-state index in [0.29, 0.717) is 32.1 Å². The molecule has 164 valence electrons. The SMILES string of the molecule is CCC(C)Oc1cc(C)ccc1CNC(=NC)NCC1CCN(CC(F)(F)F)C1. The highest BCUT2D eigenvalue weighted by Gasteiger charge is 2.34. The fraction of sp³-hybridized carbons (Fsp3) is 0.667. The molecule has 0 radical (unpaired) electrons. The largest absolute Gasteiger partial charge is 0.490 e. The van der Waals surface area contributed by atoms with E-state index in [-0.39, 0.29) is 12.0 Å².